The molecule has 28 heavy (non-hydrogen) atoms. The Morgan fingerprint density at radius 3 is 2.39 bits per heavy atom. The van der Waals surface area contributed by atoms with E-state index in [2.05, 4.69) is 15.6 Å². The zero-order chi connectivity index (χ0) is 19.9. The Bertz CT molecular complexity index is 973. The number of hydrogen-bond acceptors (Lipinski definition) is 5. The monoisotopic (exact) mass is 395 g/mol. The van der Waals surface area contributed by atoms with Gasteiger partial charge in [0.05, 0.1) is 24.1 Å². The molecule has 3 aromatic rings. The fraction of sp³-hybridized carbons (Fsp3) is 0.0952. The lowest BCUT2D eigenvalue weighted by molar-refractivity contribution is 0.0526. The molecule has 142 valence electrons. The van der Waals surface area contributed by atoms with Gasteiger partial charge in [0, 0.05) is 16.4 Å². The summed E-state index contributed by atoms with van der Waals surface area (Å²) in [7, 11) is 0. The molecule has 0 saturated heterocycles. The number of carbonyl (C=O) groups excluding carboxylic acids is 2. The number of esters is 1. The highest BCUT2D eigenvalue weighted by atomic mass is 35.5. The molecule has 1 heterocycles. The number of carbonyl (C=O) groups is 2. The summed E-state index contributed by atoms with van der Waals surface area (Å²) < 4.78 is 4.96. The Balaban J connectivity index is 1.62. The van der Waals surface area contributed by atoms with Gasteiger partial charge < -0.3 is 15.4 Å². The third-order valence-electron chi connectivity index (χ3n) is 3.76. The summed E-state index contributed by atoms with van der Waals surface area (Å²) in [5.41, 5.74) is 2.86. The molecule has 0 radical (unpaired) electrons. The number of hydrogen-bond donors (Lipinski definition) is 2. The van der Waals surface area contributed by atoms with Gasteiger partial charge in [0.25, 0.3) is 5.91 Å². The van der Waals surface area contributed by atoms with Crippen molar-refractivity contribution in [2.45, 2.75) is 6.92 Å². The molecule has 0 saturated carbocycles. The Morgan fingerprint density at radius 1 is 1.00 bits per heavy atom. The zero-order valence-electron chi connectivity index (χ0n) is 15.1. The van der Waals surface area contributed by atoms with E-state index in [1.807, 2.05) is 0 Å². The van der Waals surface area contributed by atoms with E-state index in [4.69, 9.17) is 16.3 Å². The van der Waals surface area contributed by atoms with Crippen LogP contribution in [-0.4, -0.2) is 23.5 Å². The minimum absolute atomic E-state index is 0.281. The van der Waals surface area contributed by atoms with Crippen LogP contribution in [0.25, 0.3) is 0 Å². The van der Waals surface area contributed by atoms with Gasteiger partial charge in [-0.1, -0.05) is 17.7 Å². The van der Waals surface area contributed by atoms with Gasteiger partial charge in [0.1, 0.15) is 5.69 Å². The minimum atomic E-state index is -0.356. The Labute approximate surface area is 167 Å². The van der Waals surface area contributed by atoms with Crippen molar-refractivity contribution in [3.63, 3.8) is 0 Å². The number of benzene rings is 2. The Hall–Kier alpha value is -3.38. The summed E-state index contributed by atoms with van der Waals surface area (Å²) in [6.07, 6.45) is 1.56. The molecule has 0 fully saturated rings. The number of rotatable bonds is 6. The van der Waals surface area contributed by atoms with Crippen molar-refractivity contribution in [1.29, 1.82) is 0 Å². The van der Waals surface area contributed by atoms with E-state index in [9.17, 15) is 9.59 Å². The summed E-state index contributed by atoms with van der Waals surface area (Å²) in [5.74, 6) is -0.682. The standard InChI is InChI=1S/C21H18ClN3O3/c1-2-28-21(27)14-6-8-16(9-7-14)24-18-10-11-19(23-13-18)20(26)25-17-5-3-4-15(22)12-17/h3-13,24H,2H2,1H3,(H,25,26). The van der Waals surface area contributed by atoms with Gasteiger partial charge >= 0.3 is 5.97 Å². The van der Waals surface area contributed by atoms with Crippen LogP contribution < -0.4 is 10.6 Å². The number of pyridine rings is 1. The van der Waals surface area contributed by atoms with Crippen LogP contribution in [0.3, 0.4) is 0 Å². The molecule has 0 atom stereocenters. The van der Waals surface area contributed by atoms with Crippen LogP contribution in [0.1, 0.15) is 27.8 Å². The molecule has 2 N–H and O–H groups in total. The zero-order valence-corrected chi connectivity index (χ0v) is 15.9. The van der Waals surface area contributed by atoms with Crippen molar-refractivity contribution in [2.24, 2.45) is 0 Å². The minimum Gasteiger partial charge on any atom is -0.462 e. The number of ether oxygens (including phenoxy) is 1. The fourth-order valence-electron chi connectivity index (χ4n) is 2.43. The molecular formula is C21H18ClN3O3. The number of halogens is 1. The average molecular weight is 396 g/mol. The van der Waals surface area contributed by atoms with Gasteiger partial charge in [-0.3, -0.25) is 4.79 Å². The molecule has 0 aliphatic heterocycles. The van der Waals surface area contributed by atoms with Crippen LogP contribution in [0.5, 0.6) is 0 Å². The van der Waals surface area contributed by atoms with Crippen molar-refractivity contribution in [1.82, 2.24) is 4.98 Å². The van der Waals surface area contributed by atoms with E-state index in [1.165, 1.54) is 0 Å². The van der Waals surface area contributed by atoms with Crippen molar-refractivity contribution in [2.75, 3.05) is 17.2 Å². The maximum atomic E-state index is 12.3. The molecular weight excluding hydrogens is 378 g/mol. The summed E-state index contributed by atoms with van der Waals surface area (Å²) in [5, 5.41) is 6.45. The lowest BCUT2D eigenvalue weighted by Gasteiger charge is -2.09. The highest BCUT2D eigenvalue weighted by molar-refractivity contribution is 6.30. The second-order valence-electron chi connectivity index (χ2n) is 5.82. The largest absolute Gasteiger partial charge is 0.462 e. The molecule has 6 nitrogen and oxygen atoms in total. The molecule has 7 heteroatoms. The average Bonchev–Trinajstić information content (AvgIpc) is 2.69. The lowest BCUT2D eigenvalue weighted by Crippen LogP contribution is -2.13. The quantitative estimate of drug-likeness (QED) is 0.580. The highest BCUT2D eigenvalue weighted by Gasteiger charge is 2.09. The molecule has 0 spiro atoms. The number of amides is 1. The lowest BCUT2D eigenvalue weighted by atomic mass is 10.2. The van der Waals surface area contributed by atoms with Gasteiger partial charge in [0.2, 0.25) is 0 Å². The normalized spacial score (nSPS) is 10.2. The van der Waals surface area contributed by atoms with Gasteiger partial charge in [0.15, 0.2) is 0 Å². The van der Waals surface area contributed by atoms with Crippen LogP contribution in [0.2, 0.25) is 5.02 Å². The van der Waals surface area contributed by atoms with Crippen LogP contribution in [0, 0.1) is 0 Å². The third kappa shape index (κ3) is 5.08. The molecule has 1 amide bonds. The molecule has 0 bridgehead atoms. The van der Waals surface area contributed by atoms with Crippen molar-refractivity contribution < 1.29 is 14.3 Å². The summed E-state index contributed by atoms with van der Waals surface area (Å²) in [6, 6.07) is 17.2. The number of aromatic nitrogens is 1. The predicted molar refractivity (Wildman–Crippen MR) is 109 cm³/mol. The van der Waals surface area contributed by atoms with Crippen LogP contribution in [0.4, 0.5) is 17.1 Å². The van der Waals surface area contributed by atoms with E-state index in [1.54, 1.807) is 73.8 Å². The van der Waals surface area contributed by atoms with Gasteiger partial charge in [-0.15, -0.1) is 0 Å². The summed E-state index contributed by atoms with van der Waals surface area (Å²) in [6.45, 7) is 2.10. The van der Waals surface area contributed by atoms with E-state index in [0.717, 1.165) is 5.69 Å². The third-order valence-corrected chi connectivity index (χ3v) is 4.00. The topological polar surface area (TPSA) is 80.3 Å². The maximum Gasteiger partial charge on any atom is 0.338 e. The second kappa shape index (κ2) is 9.01. The molecule has 0 aliphatic rings. The number of nitrogens with one attached hydrogen (secondary N) is 2. The summed E-state index contributed by atoms with van der Waals surface area (Å²) >= 11 is 5.91. The smallest absolute Gasteiger partial charge is 0.338 e. The SMILES string of the molecule is CCOC(=O)c1ccc(Nc2ccc(C(=O)Nc3cccc(Cl)c3)nc2)cc1. The Morgan fingerprint density at radius 2 is 1.75 bits per heavy atom. The van der Waals surface area contributed by atoms with Crippen LogP contribution >= 0.6 is 11.6 Å². The van der Waals surface area contributed by atoms with Crippen LogP contribution in [-0.2, 0) is 4.74 Å². The first kappa shape index (κ1) is 19.4. The second-order valence-corrected chi connectivity index (χ2v) is 6.26. The number of anilines is 3. The van der Waals surface area contributed by atoms with Gasteiger partial charge in [-0.25, -0.2) is 9.78 Å². The maximum absolute atomic E-state index is 12.3. The summed E-state index contributed by atoms with van der Waals surface area (Å²) in [4.78, 5) is 28.1. The highest BCUT2D eigenvalue weighted by Crippen LogP contribution is 2.18. The molecule has 1 aromatic heterocycles. The van der Waals surface area contributed by atoms with Crippen molar-refractivity contribution in [3.05, 3.63) is 83.1 Å². The first-order valence-electron chi connectivity index (χ1n) is 8.62. The molecule has 3 rings (SSSR count). The number of nitrogens with zero attached hydrogens (tertiary/aromatic N) is 1. The van der Waals surface area contributed by atoms with E-state index >= 15 is 0 Å². The van der Waals surface area contributed by atoms with Crippen LogP contribution in [0.15, 0.2) is 66.9 Å². The van der Waals surface area contributed by atoms with E-state index in [-0.39, 0.29) is 17.6 Å². The first-order chi connectivity index (χ1) is 13.5. The van der Waals surface area contributed by atoms with E-state index in [0.29, 0.717) is 28.6 Å². The van der Waals surface area contributed by atoms with Gasteiger partial charge in [-0.05, 0) is 61.5 Å². The van der Waals surface area contributed by atoms with Gasteiger partial charge in [-0.2, -0.15) is 0 Å². The Kier molecular flexibility index (Phi) is 6.24. The fourth-order valence-corrected chi connectivity index (χ4v) is 2.62. The molecule has 2 aromatic carbocycles. The van der Waals surface area contributed by atoms with E-state index < -0.39 is 0 Å². The molecule has 0 aliphatic carbocycles. The molecule has 0 unspecified atom stereocenters. The first-order valence-corrected chi connectivity index (χ1v) is 9.00. The van der Waals surface area contributed by atoms with Crippen molar-refractivity contribution in [3.8, 4) is 0 Å². The van der Waals surface area contributed by atoms with Crippen molar-refractivity contribution >= 4 is 40.5 Å². The predicted octanol–water partition coefficient (Wildman–Crippen LogP) is 4.91.